The smallest absolute Gasteiger partial charge is 0.332 e. The Kier molecular flexibility index (Phi) is 8.78. The minimum Gasteiger partial charge on any atom is -0.480 e. The van der Waals surface area contributed by atoms with Crippen LogP contribution in [0.5, 0.6) is 0 Å². The largest absolute Gasteiger partial charge is 0.480 e. The molecule has 2 N–H and O–H groups in total. The van der Waals surface area contributed by atoms with Crippen LogP contribution in [0, 0.1) is 5.41 Å². The van der Waals surface area contributed by atoms with Crippen LogP contribution >= 0.6 is 7.60 Å². The second-order valence-corrected chi connectivity index (χ2v) is 12.0. The fourth-order valence-electron chi connectivity index (χ4n) is 5.08. The van der Waals surface area contributed by atoms with Crippen LogP contribution in [0.1, 0.15) is 65.4 Å². The number of benzene rings is 1. The van der Waals surface area contributed by atoms with Gasteiger partial charge in [-0.2, -0.15) is 0 Å². The van der Waals surface area contributed by atoms with Crippen molar-refractivity contribution >= 4 is 31.1 Å². The zero-order valence-corrected chi connectivity index (χ0v) is 21.9. The van der Waals surface area contributed by atoms with E-state index in [1.807, 2.05) is 12.1 Å². The first-order valence-electron chi connectivity index (χ1n) is 12.3. The number of rotatable bonds is 10. The predicted molar refractivity (Wildman–Crippen MR) is 132 cm³/mol. The molecule has 0 saturated heterocycles. The summed E-state index contributed by atoms with van der Waals surface area (Å²) < 4.78 is 25.1. The van der Waals surface area contributed by atoms with Gasteiger partial charge >= 0.3 is 13.6 Å². The molecule has 10 heteroatoms. The summed E-state index contributed by atoms with van der Waals surface area (Å²) >= 11 is 0. The molecular weight excluding hydrogens is 471 g/mol. The van der Waals surface area contributed by atoms with Gasteiger partial charge in [-0.05, 0) is 65.0 Å². The minimum absolute atomic E-state index is 0.0534. The Hall–Kier alpha value is -2.22. The van der Waals surface area contributed by atoms with E-state index in [2.05, 4.69) is 5.32 Å². The summed E-state index contributed by atoms with van der Waals surface area (Å²) in [4.78, 5) is 39.9. The van der Waals surface area contributed by atoms with E-state index in [4.69, 9.17) is 9.05 Å². The lowest BCUT2D eigenvalue weighted by Crippen LogP contribution is -2.53. The summed E-state index contributed by atoms with van der Waals surface area (Å²) in [5.41, 5.74) is 0.429. The molecule has 1 heterocycles. The van der Waals surface area contributed by atoms with Crippen molar-refractivity contribution in [1.29, 1.82) is 0 Å². The number of anilines is 1. The Labute approximate surface area is 207 Å². The van der Waals surface area contributed by atoms with Crippen LogP contribution in [0.15, 0.2) is 24.3 Å². The molecule has 9 nitrogen and oxygen atoms in total. The Morgan fingerprint density at radius 3 is 2.31 bits per heavy atom. The van der Waals surface area contributed by atoms with Gasteiger partial charge < -0.3 is 19.5 Å². The fourth-order valence-corrected chi connectivity index (χ4v) is 7.77. The molecule has 1 aromatic carbocycles. The fraction of sp³-hybridized carbons (Fsp3) is 0.640. The van der Waals surface area contributed by atoms with Gasteiger partial charge in [-0.25, -0.2) is 0 Å². The number of hydrogen-bond donors (Lipinski definition) is 2. The topological polar surface area (TPSA) is 122 Å². The van der Waals surface area contributed by atoms with Crippen LogP contribution in [0.2, 0.25) is 0 Å². The highest BCUT2D eigenvalue weighted by Crippen LogP contribution is 2.58. The van der Waals surface area contributed by atoms with Gasteiger partial charge in [0.25, 0.3) is 0 Å². The van der Waals surface area contributed by atoms with E-state index in [1.54, 1.807) is 39.8 Å². The van der Waals surface area contributed by atoms with Crippen LogP contribution in [-0.2, 0) is 34.4 Å². The minimum atomic E-state index is -3.59. The lowest BCUT2D eigenvalue weighted by molar-refractivity contribution is -0.137. The summed E-state index contributed by atoms with van der Waals surface area (Å²) in [6.45, 7) is 6.60. The van der Waals surface area contributed by atoms with Gasteiger partial charge in [0.15, 0.2) is 0 Å². The summed E-state index contributed by atoms with van der Waals surface area (Å²) in [6.07, 6.45) is 2.76. The zero-order valence-electron chi connectivity index (χ0n) is 21.0. The number of nitrogens with zero attached hydrogens (tertiary/aromatic N) is 1. The van der Waals surface area contributed by atoms with E-state index in [1.165, 1.54) is 4.90 Å². The second kappa shape index (κ2) is 11.2. The van der Waals surface area contributed by atoms with Gasteiger partial charge in [-0.3, -0.25) is 23.8 Å². The van der Waals surface area contributed by atoms with Crippen molar-refractivity contribution in [1.82, 2.24) is 5.32 Å². The maximum Gasteiger partial charge on any atom is 0.332 e. The highest BCUT2D eigenvalue weighted by molar-refractivity contribution is 7.54. The SMILES string of the molecule is CC(C)OP(=O)(CC1(C(=O)NC2CCc3ccccc3N(CC(=O)O)C2=O)CCCC1)OC(C)C. The molecule has 1 aromatic rings. The van der Waals surface area contributed by atoms with Crippen molar-refractivity contribution in [2.45, 2.75) is 84.5 Å². The molecule has 0 radical (unpaired) electrons. The number of carboxylic acids is 1. The highest BCUT2D eigenvalue weighted by atomic mass is 31.2. The van der Waals surface area contributed by atoms with Crippen LogP contribution in [0.3, 0.4) is 0 Å². The molecule has 1 aliphatic carbocycles. The number of carboxylic acid groups (broad SMARTS) is 1. The molecule has 1 unspecified atom stereocenters. The van der Waals surface area contributed by atoms with Gasteiger partial charge in [0.05, 0.1) is 23.8 Å². The first-order valence-corrected chi connectivity index (χ1v) is 14.1. The first kappa shape index (κ1) is 27.4. The molecule has 0 bridgehead atoms. The third kappa shape index (κ3) is 6.72. The number of aryl methyl sites for hydroxylation is 1. The van der Waals surface area contributed by atoms with Crippen molar-refractivity contribution in [3.05, 3.63) is 29.8 Å². The van der Waals surface area contributed by atoms with Gasteiger partial charge in [0, 0.05) is 5.69 Å². The highest BCUT2D eigenvalue weighted by Gasteiger charge is 2.49. The van der Waals surface area contributed by atoms with Gasteiger partial charge in [-0.15, -0.1) is 0 Å². The Morgan fingerprint density at radius 1 is 1.14 bits per heavy atom. The molecule has 0 spiro atoms. The van der Waals surface area contributed by atoms with Crippen molar-refractivity contribution in [3.8, 4) is 0 Å². The van der Waals surface area contributed by atoms with E-state index in [0.29, 0.717) is 31.4 Å². The maximum atomic E-state index is 13.7. The Morgan fingerprint density at radius 2 is 1.74 bits per heavy atom. The van der Waals surface area contributed by atoms with Crippen LogP contribution in [0.4, 0.5) is 5.69 Å². The molecule has 1 saturated carbocycles. The molecule has 0 aromatic heterocycles. The number of fused-ring (bicyclic) bond motifs is 1. The molecule has 194 valence electrons. The standard InChI is InChI=1S/C25H37N2O7P/c1-17(2)33-35(32,34-18(3)4)16-25(13-7-8-14-25)24(31)26-20-12-11-19-9-5-6-10-21(19)27(23(20)30)15-22(28)29/h5-6,9-10,17-18,20H,7-8,11-16H2,1-4H3,(H,26,31)(H,28,29). The number of hydrogen-bond acceptors (Lipinski definition) is 6. The van der Waals surface area contributed by atoms with E-state index in [-0.39, 0.29) is 24.3 Å². The summed E-state index contributed by atoms with van der Waals surface area (Å²) in [5, 5.41) is 12.3. The summed E-state index contributed by atoms with van der Waals surface area (Å²) in [6, 6.07) is 6.30. The molecule has 1 fully saturated rings. The van der Waals surface area contributed by atoms with Gasteiger partial charge in [0.1, 0.15) is 12.6 Å². The van der Waals surface area contributed by atoms with Crippen molar-refractivity contribution in [2.75, 3.05) is 17.6 Å². The van der Waals surface area contributed by atoms with E-state index in [9.17, 15) is 24.1 Å². The zero-order chi connectivity index (χ0) is 25.8. The number of carbonyl (C=O) groups is 3. The number of nitrogens with one attached hydrogen (secondary N) is 1. The van der Waals surface area contributed by atoms with Crippen molar-refractivity contribution < 1.29 is 33.1 Å². The second-order valence-electron chi connectivity index (χ2n) is 10.1. The van der Waals surface area contributed by atoms with E-state index in [0.717, 1.165) is 18.4 Å². The molecule has 3 rings (SSSR count). The summed E-state index contributed by atoms with van der Waals surface area (Å²) in [7, 11) is -3.59. The molecule has 1 aliphatic heterocycles. The average Bonchev–Trinajstić information content (AvgIpc) is 3.17. The van der Waals surface area contributed by atoms with Crippen LogP contribution < -0.4 is 10.2 Å². The number of amides is 2. The van der Waals surface area contributed by atoms with Crippen LogP contribution in [-0.4, -0.2) is 53.8 Å². The summed E-state index contributed by atoms with van der Waals surface area (Å²) in [5.74, 6) is -1.95. The maximum absolute atomic E-state index is 13.7. The normalized spacial score (nSPS) is 20.1. The van der Waals surface area contributed by atoms with E-state index >= 15 is 0 Å². The lowest BCUT2D eigenvalue weighted by atomic mass is 9.87. The first-order chi connectivity index (χ1) is 16.4. The molecule has 2 amide bonds. The van der Waals surface area contributed by atoms with Crippen LogP contribution in [0.25, 0.3) is 0 Å². The third-order valence-electron chi connectivity index (χ3n) is 6.43. The molecule has 2 aliphatic rings. The Balaban J connectivity index is 1.86. The number of carbonyl (C=O) groups excluding carboxylic acids is 2. The quantitative estimate of drug-likeness (QED) is 0.456. The van der Waals surface area contributed by atoms with Crippen molar-refractivity contribution in [2.24, 2.45) is 5.41 Å². The van der Waals surface area contributed by atoms with Crippen molar-refractivity contribution in [3.63, 3.8) is 0 Å². The van der Waals surface area contributed by atoms with Gasteiger partial charge in [0.2, 0.25) is 11.8 Å². The number of aliphatic carboxylic acids is 1. The Bertz CT molecular complexity index is 974. The molecule has 35 heavy (non-hydrogen) atoms. The number of para-hydroxylation sites is 1. The van der Waals surface area contributed by atoms with Gasteiger partial charge in [-0.1, -0.05) is 31.0 Å². The third-order valence-corrected chi connectivity index (χ3v) is 8.91. The lowest BCUT2D eigenvalue weighted by Gasteiger charge is -2.34. The molecule has 1 atom stereocenters. The van der Waals surface area contributed by atoms with E-state index < -0.39 is 37.5 Å². The molecular formula is C25H37N2O7P. The predicted octanol–water partition coefficient (Wildman–Crippen LogP) is 4.14. The average molecular weight is 509 g/mol. The monoisotopic (exact) mass is 508 g/mol.